The van der Waals surface area contributed by atoms with Crippen molar-refractivity contribution < 1.29 is 14.8 Å². The molecule has 1 aliphatic rings. The molecule has 2 aromatic rings. The number of ether oxygens (including phenoxy) is 1. The average molecular weight is 310 g/mol. The zero-order valence-corrected chi connectivity index (χ0v) is 13.5. The maximum Gasteiger partial charge on any atom is 0.315 e. The fourth-order valence-electron chi connectivity index (χ4n) is 3.56. The first-order valence-electron chi connectivity index (χ1n) is 8.39. The Labute approximate surface area is 137 Å². The van der Waals surface area contributed by atoms with Gasteiger partial charge in [-0.3, -0.25) is 4.79 Å². The fraction of sp³-hybridized carbons (Fsp3) is 0.350. The molecule has 2 N–H and O–H groups in total. The molecule has 3 nitrogen and oxygen atoms in total. The number of rotatable bonds is 4. The first-order chi connectivity index (χ1) is 11.3. The molecule has 0 aliphatic carbocycles. The SMILES string of the molecule is CCOC(=O)[C@@H]1C[NH2+][C@@H](c2ccccc2)C[C@@H]1c1ccccc1. The van der Waals surface area contributed by atoms with Crippen LogP contribution in [0.5, 0.6) is 0 Å². The van der Waals surface area contributed by atoms with E-state index < -0.39 is 0 Å². The van der Waals surface area contributed by atoms with Gasteiger partial charge in [-0.25, -0.2) is 0 Å². The average Bonchev–Trinajstić information content (AvgIpc) is 2.63. The van der Waals surface area contributed by atoms with Crippen LogP contribution in [0.2, 0.25) is 0 Å². The highest BCUT2D eigenvalue weighted by molar-refractivity contribution is 5.74. The van der Waals surface area contributed by atoms with Crippen LogP contribution >= 0.6 is 0 Å². The first kappa shape index (κ1) is 15.8. The Hall–Kier alpha value is -2.13. The monoisotopic (exact) mass is 310 g/mol. The number of nitrogens with two attached hydrogens (primary N) is 1. The molecule has 0 aromatic heterocycles. The van der Waals surface area contributed by atoms with E-state index in [0.717, 1.165) is 13.0 Å². The van der Waals surface area contributed by atoms with Crippen LogP contribution in [0, 0.1) is 5.92 Å². The summed E-state index contributed by atoms with van der Waals surface area (Å²) in [5.41, 5.74) is 2.57. The quantitative estimate of drug-likeness (QED) is 0.882. The van der Waals surface area contributed by atoms with Crippen molar-refractivity contribution in [3.63, 3.8) is 0 Å². The molecule has 3 heteroatoms. The Morgan fingerprint density at radius 3 is 2.26 bits per heavy atom. The maximum absolute atomic E-state index is 12.4. The van der Waals surface area contributed by atoms with Gasteiger partial charge >= 0.3 is 5.97 Å². The molecule has 120 valence electrons. The fourth-order valence-corrected chi connectivity index (χ4v) is 3.56. The van der Waals surface area contributed by atoms with Crippen LogP contribution in [0.4, 0.5) is 0 Å². The van der Waals surface area contributed by atoms with Crippen LogP contribution in [0.3, 0.4) is 0 Å². The molecular weight excluding hydrogens is 286 g/mol. The number of carbonyl (C=O) groups is 1. The smallest absolute Gasteiger partial charge is 0.315 e. The van der Waals surface area contributed by atoms with Gasteiger partial charge in [-0.2, -0.15) is 0 Å². The lowest BCUT2D eigenvalue weighted by Crippen LogP contribution is -2.89. The van der Waals surface area contributed by atoms with Crippen LogP contribution in [-0.4, -0.2) is 19.1 Å². The zero-order chi connectivity index (χ0) is 16.1. The summed E-state index contributed by atoms with van der Waals surface area (Å²) >= 11 is 0. The van der Waals surface area contributed by atoms with Crippen molar-refractivity contribution in [2.75, 3.05) is 13.2 Å². The van der Waals surface area contributed by atoms with Crippen molar-refractivity contribution in [2.24, 2.45) is 5.92 Å². The van der Waals surface area contributed by atoms with Gasteiger partial charge in [0.2, 0.25) is 0 Å². The third-order valence-corrected chi connectivity index (χ3v) is 4.71. The van der Waals surface area contributed by atoms with Gasteiger partial charge in [0.05, 0.1) is 13.2 Å². The van der Waals surface area contributed by atoms with Crippen molar-refractivity contribution in [1.29, 1.82) is 0 Å². The second-order valence-corrected chi connectivity index (χ2v) is 6.10. The Morgan fingerprint density at radius 1 is 1.04 bits per heavy atom. The molecule has 1 saturated heterocycles. The Morgan fingerprint density at radius 2 is 1.65 bits per heavy atom. The first-order valence-corrected chi connectivity index (χ1v) is 8.39. The zero-order valence-electron chi connectivity index (χ0n) is 13.5. The van der Waals surface area contributed by atoms with E-state index in [1.165, 1.54) is 11.1 Å². The predicted molar refractivity (Wildman–Crippen MR) is 89.9 cm³/mol. The number of esters is 1. The Balaban J connectivity index is 1.85. The lowest BCUT2D eigenvalue weighted by atomic mass is 9.77. The van der Waals surface area contributed by atoms with Gasteiger partial charge in [-0.05, 0) is 12.5 Å². The molecule has 0 spiro atoms. The van der Waals surface area contributed by atoms with Gasteiger partial charge in [0, 0.05) is 17.9 Å². The molecular formula is C20H24NO2+. The van der Waals surface area contributed by atoms with Gasteiger partial charge in [0.1, 0.15) is 12.0 Å². The van der Waals surface area contributed by atoms with Crippen LogP contribution in [0.25, 0.3) is 0 Å². The molecule has 0 amide bonds. The van der Waals surface area contributed by atoms with E-state index in [0.29, 0.717) is 12.6 Å². The van der Waals surface area contributed by atoms with E-state index in [4.69, 9.17) is 4.74 Å². The van der Waals surface area contributed by atoms with E-state index in [1.807, 2.05) is 31.2 Å². The molecule has 1 aliphatic heterocycles. The van der Waals surface area contributed by atoms with E-state index in [1.54, 1.807) is 0 Å². The minimum Gasteiger partial charge on any atom is -0.466 e. The number of benzene rings is 2. The van der Waals surface area contributed by atoms with Gasteiger partial charge in [-0.15, -0.1) is 0 Å². The summed E-state index contributed by atoms with van der Waals surface area (Å²) in [6, 6.07) is 21.3. The molecule has 3 rings (SSSR count). The molecule has 0 saturated carbocycles. The lowest BCUT2D eigenvalue weighted by Gasteiger charge is -2.33. The van der Waals surface area contributed by atoms with Crippen molar-refractivity contribution >= 4 is 5.97 Å². The second-order valence-electron chi connectivity index (χ2n) is 6.10. The standard InChI is InChI=1S/C20H23NO2/c1-2-23-20(22)18-14-21-19(16-11-7-4-8-12-16)13-17(18)15-9-5-3-6-10-15/h3-12,17-19,21H,2,13-14H2,1H3/p+1/t17-,18-,19-/m1/s1. The molecule has 3 atom stereocenters. The highest BCUT2D eigenvalue weighted by Gasteiger charge is 2.39. The number of quaternary nitrogens is 1. The highest BCUT2D eigenvalue weighted by atomic mass is 16.5. The maximum atomic E-state index is 12.4. The minimum absolute atomic E-state index is 0.0656. The Bertz CT molecular complexity index is 627. The van der Waals surface area contributed by atoms with E-state index in [9.17, 15) is 4.79 Å². The third-order valence-electron chi connectivity index (χ3n) is 4.71. The van der Waals surface area contributed by atoms with E-state index in [-0.39, 0.29) is 17.8 Å². The van der Waals surface area contributed by atoms with Crippen molar-refractivity contribution in [1.82, 2.24) is 0 Å². The molecule has 2 aromatic carbocycles. The van der Waals surface area contributed by atoms with Crippen LogP contribution in [-0.2, 0) is 9.53 Å². The van der Waals surface area contributed by atoms with Gasteiger partial charge < -0.3 is 10.1 Å². The predicted octanol–water partition coefficient (Wildman–Crippen LogP) is 2.66. The number of hydrogen-bond acceptors (Lipinski definition) is 2. The summed E-state index contributed by atoms with van der Waals surface area (Å²) < 4.78 is 5.32. The largest absolute Gasteiger partial charge is 0.466 e. The summed E-state index contributed by atoms with van der Waals surface area (Å²) in [6.45, 7) is 3.09. The topological polar surface area (TPSA) is 42.9 Å². The molecule has 0 unspecified atom stereocenters. The molecule has 23 heavy (non-hydrogen) atoms. The van der Waals surface area contributed by atoms with Crippen LogP contribution in [0.1, 0.15) is 36.4 Å². The normalized spacial score (nSPS) is 24.1. The summed E-state index contributed by atoms with van der Waals surface area (Å²) in [4.78, 5) is 12.4. The second kappa shape index (κ2) is 7.42. The Kier molecular flexibility index (Phi) is 5.09. The van der Waals surface area contributed by atoms with Gasteiger partial charge in [0.25, 0.3) is 0 Å². The van der Waals surface area contributed by atoms with E-state index in [2.05, 4.69) is 41.7 Å². The molecule has 1 fully saturated rings. The van der Waals surface area contributed by atoms with Crippen molar-refractivity contribution in [2.45, 2.75) is 25.3 Å². The number of hydrogen-bond donors (Lipinski definition) is 1. The van der Waals surface area contributed by atoms with Crippen molar-refractivity contribution in [3.8, 4) is 0 Å². The summed E-state index contributed by atoms with van der Waals surface area (Å²) in [7, 11) is 0. The summed E-state index contributed by atoms with van der Waals surface area (Å²) in [5, 5.41) is 2.29. The van der Waals surface area contributed by atoms with Crippen molar-refractivity contribution in [3.05, 3.63) is 71.8 Å². The highest BCUT2D eigenvalue weighted by Crippen LogP contribution is 2.35. The van der Waals surface area contributed by atoms with E-state index >= 15 is 0 Å². The minimum atomic E-state index is -0.0719. The molecule has 1 heterocycles. The number of piperidine rings is 1. The number of carbonyl (C=O) groups excluding carboxylic acids is 1. The lowest BCUT2D eigenvalue weighted by molar-refractivity contribution is -0.709. The summed E-state index contributed by atoms with van der Waals surface area (Å²) in [6.07, 6.45) is 0.956. The summed E-state index contributed by atoms with van der Waals surface area (Å²) in [5.74, 6) is 0.0758. The van der Waals surface area contributed by atoms with Gasteiger partial charge in [-0.1, -0.05) is 60.7 Å². The van der Waals surface area contributed by atoms with Crippen LogP contribution in [0.15, 0.2) is 60.7 Å². The van der Waals surface area contributed by atoms with Crippen LogP contribution < -0.4 is 5.32 Å². The molecule has 0 radical (unpaired) electrons. The van der Waals surface area contributed by atoms with Gasteiger partial charge in [0.15, 0.2) is 0 Å². The molecule has 0 bridgehead atoms. The third kappa shape index (κ3) is 3.62.